The summed E-state index contributed by atoms with van der Waals surface area (Å²) in [6.45, 7) is 0. The summed E-state index contributed by atoms with van der Waals surface area (Å²) in [6.07, 6.45) is -0.120. The number of carbonyl (C=O) groups is 1. The standard InChI is InChI=1S/C8H4N2OS/c9-4-3-7(11)8-2-1-6(5-10)12-8/h1-2H,3H2. The van der Waals surface area contributed by atoms with E-state index in [-0.39, 0.29) is 12.2 Å². The van der Waals surface area contributed by atoms with Gasteiger partial charge < -0.3 is 0 Å². The number of nitrogens with zero attached hydrogens (tertiary/aromatic N) is 2. The van der Waals surface area contributed by atoms with E-state index in [2.05, 4.69) is 0 Å². The van der Waals surface area contributed by atoms with Gasteiger partial charge in [-0.15, -0.1) is 11.3 Å². The van der Waals surface area contributed by atoms with Gasteiger partial charge in [-0.05, 0) is 12.1 Å². The maximum Gasteiger partial charge on any atom is 0.186 e. The van der Waals surface area contributed by atoms with Crippen LogP contribution in [0.1, 0.15) is 21.0 Å². The van der Waals surface area contributed by atoms with E-state index in [4.69, 9.17) is 10.5 Å². The minimum atomic E-state index is -0.219. The molecule has 12 heavy (non-hydrogen) atoms. The zero-order valence-corrected chi connectivity index (χ0v) is 6.89. The van der Waals surface area contributed by atoms with E-state index < -0.39 is 0 Å². The highest BCUT2D eigenvalue weighted by Crippen LogP contribution is 2.16. The third kappa shape index (κ3) is 1.69. The number of hydrogen-bond acceptors (Lipinski definition) is 4. The number of nitriles is 2. The lowest BCUT2D eigenvalue weighted by Crippen LogP contribution is -1.91. The largest absolute Gasteiger partial charge is 0.292 e. The van der Waals surface area contributed by atoms with E-state index >= 15 is 0 Å². The highest BCUT2D eigenvalue weighted by Gasteiger charge is 2.07. The Morgan fingerprint density at radius 1 is 1.50 bits per heavy atom. The number of rotatable bonds is 2. The van der Waals surface area contributed by atoms with Gasteiger partial charge in [-0.2, -0.15) is 10.5 Å². The Bertz CT molecular complexity index is 380. The van der Waals surface area contributed by atoms with E-state index in [1.54, 1.807) is 18.2 Å². The average Bonchev–Trinajstić information content (AvgIpc) is 2.52. The van der Waals surface area contributed by atoms with Gasteiger partial charge in [0.2, 0.25) is 0 Å². The molecular weight excluding hydrogens is 172 g/mol. The highest BCUT2D eigenvalue weighted by atomic mass is 32.1. The molecule has 0 bridgehead atoms. The van der Waals surface area contributed by atoms with Crippen LogP contribution in [0.5, 0.6) is 0 Å². The molecule has 3 nitrogen and oxygen atoms in total. The highest BCUT2D eigenvalue weighted by molar-refractivity contribution is 7.14. The molecule has 0 saturated heterocycles. The molecule has 0 saturated carbocycles. The van der Waals surface area contributed by atoms with Crippen molar-refractivity contribution in [2.24, 2.45) is 0 Å². The number of Topliss-reactive ketones (excluding diaryl/α,β-unsaturated/α-hetero) is 1. The van der Waals surface area contributed by atoms with E-state index in [0.717, 1.165) is 11.3 Å². The second-order valence-electron chi connectivity index (χ2n) is 2.03. The van der Waals surface area contributed by atoms with Crippen LogP contribution in [0.2, 0.25) is 0 Å². The van der Waals surface area contributed by atoms with Crippen LogP contribution in [0.15, 0.2) is 12.1 Å². The fourth-order valence-electron chi connectivity index (χ4n) is 0.707. The molecule has 0 radical (unpaired) electrons. The minimum absolute atomic E-state index is 0.120. The van der Waals surface area contributed by atoms with Crippen molar-refractivity contribution < 1.29 is 4.79 Å². The van der Waals surface area contributed by atoms with Crippen LogP contribution in [0.25, 0.3) is 0 Å². The monoisotopic (exact) mass is 176 g/mol. The summed E-state index contributed by atoms with van der Waals surface area (Å²) in [7, 11) is 0. The third-order valence-corrected chi connectivity index (χ3v) is 2.26. The van der Waals surface area contributed by atoms with Gasteiger partial charge in [0, 0.05) is 0 Å². The van der Waals surface area contributed by atoms with Crippen molar-refractivity contribution in [1.29, 1.82) is 10.5 Å². The Labute approximate surface area is 73.5 Å². The molecular formula is C8H4N2OS. The van der Waals surface area contributed by atoms with Crippen molar-refractivity contribution in [3.05, 3.63) is 21.9 Å². The Kier molecular flexibility index (Phi) is 2.57. The molecule has 1 heterocycles. The molecule has 0 aliphatic rings. The third-order valence-electron chi connectivity index (χ3n) is 1.23. The Morgan fingerprint density at radius 2 is 2.25 bits per heavy atom. The second kappa shape index (κ2) is 3.66. The van der Waals surface area contributed by atoms with Crippen LogP contribution in [0.4, 0.5) is 0 Å². The van der Waals surface area contributed by atoms with E-state index in [1.807, 2.05) is 6.07 Å². The first-order valence-electron chi connectivity index (χ1n) is 3.18. The molecule has 1 aromatic rings. The molecule has 4 heteroatoms. The fourth-order valence-corrected chi connectivity index (χ4v) is 1.45. The van der Waals surface area contributed by atoms with Crippen molar-refractivity contribution in [2.75, 3.05) is 0 Å². The SMILES string of the molecule is N#CCC(=O)c1ccc(C#N)s1. The Hall–Kier alpha value is -1.65. The molecule has 0 N–H and O–H groups in total. The van der Waals surface area contributed by atoms with E-state index in [0.29, 0.717) is 9.75 Å². The van der Waals surface area contributed by atoms with Crippen LogP contribution in [-0.2, 0) is 0 Å². The molecule has 58 valence electrons. The summed E-state index contributed by atoms with van der Waals surface area (Å²) in [5.41, 5.74) is 0. The molecule has 0 fully saturated rings. The van der Waals surface area contributed by atoms with Gasteiger partial charge in [-0.3, -0.25) is 4.79 Å². The fraction of sp³-hybridized carbons (Fsp3) is 0.125. The molecule has 0 amide bonds. The number of carbonyl (C=O) groups excluding carboxylic acids is 1. The van der Waals surface area contributed by atoms with Gasteiger partial charge in [0.05, 0.1) is 17.4 Å². The summed E-state index contributed by atoms with van der Waals surface area (Å²) < 4.78 is 0. The quantitative estimate of drug-likeness (QED) is 0.644. The molecule has 1 rings (SSSR count). The van der Waals surface area contributed by atoms with Crippen molar-refractivity contribution in [2.45, 2.75) is 6.42 Å². The molecule has 0 aliphatic heterocycles. The van der Waals surface area contributed by atoms with Gasteiger partial charge in [0.1, 0.15) is 10.9 Å². The van der Waals surface area contributed by atoms with Crippen molar-refractivity contribution in [3.63, 3.8) is 0 Å². The van der Waals surface area contributed by atoms with Gasteiger partial charge in [0.15, 0.2) is 5.78 Å². The molecule has 1 aromatic heterocycles. The summed E-state index contributed by atoms with van der Waals surface area (Å²) in [5, 5.41) is 16.7. The Morgan fingerprint density at radius 3 is 2.75 bits per heavy atom. The normalized spacial score (nSPS) is 8.50. The molecule has 0 atom stereocenters. The van der Waals surface area contributed by atoms with Crippen LogP contribution in [0, 0.1) is 22.7 Å². The number of thiophene rings is 1. The molecule has 0 aliphatic carbocycles. The summed E-state index contributed by atoms with van der Waals surface area (Å²) in [4.78, 5) is 12.0. The smallest absolute Gasteiger partial charge is 0.186 e. The topological polar surface area (TPSA) is 64.7 Å². The average molecular weight is 176 g/mol. The van der Waals surface area contributed by atoms with E-state index in [1.165, 1.54) is 0 Å². The van der Waals surface area contributed by atoms with Crippen LogP contribution >= 0.6 is 11.3 Å². The summed E-state index contributed by atoms with van der Waals surface area (Å²) in [6, 6.07) is 6.85. The van der Waals surface area contributed by atoms with Gasteiger partial charge >= 0.3 is 0 Å². The van der Waals surface area contributed by atoms with Crippen molar-refractivity contribution in [1.82, 2.24) is 0 Å². The summed E-state index contributed by atoms with van der Waals surface area (Å²) >= 11 is 1.12. The predicted molar refractivity (Wildman–Crippen MR) is 43.6 cm³/mol. The second-order valence-corrected chi connectivity index (χ2v) is 3.12. The zero-order valence-electron chi connectivity index (χ0n) is 6.07. The Balaban J connectivity index is 2.85. The lowest BCUT2D eigenvalue weighted by atomic mass is 10.2. The summed E-state index contributed by atoms with van der Waals surface area (Å²) in [5.74, 6) is -0.219. The van der Waals surface area contributed by atoms with Gasteiger partial charge in [-0.25, -0.2) is 0 Å². The first-order chi connectivity index (χ1) is 5.77. The van der Waals surface area contributed by atoms with Gasteiger partial charge in [-0.1, -0.05) is 0 Å². The maximum absolute atomic E-state index is 11.1. The number of hydrogen-bond donors (Lipinski definition) is 0. The first-order valence-corrected chi connectivity index (χ1v) is 3.99. The zero-order chi connectivity index (χ0) is 8.97. The minimum Gasteiger partial charge on any atom is -0.292 e. The van der Waals surface area contributed by atoms with Crippen LogP contribution in [-0.4, -0.2) is 5.78 Å². The molecule has 0 aromatic carbocycles. The lowest BCUT2D eigenvalue weighted by Gasteiger charge is -1.85. The van der Waals surface area contributed by atoms with Crippen LogP contribution in [0.3, 0.4) is 0 Å². The molecule has 0 spiro atoms. The predicted octanol–water partition coefficient (Wildman–Crippen LogP) is 1.72. The lowest BCUT2D eigenvalue weighted by molar-refractivity contribution is 0.100. The van der Waals surface area contributed by atoms with Crippen molar-refractivity contribution >= 4 is 17.1 Å². The molecule has 0 unspecified atom stereocenters. The number of ketones is 1. The first kappa shape index (κ1) is 8.45. The van der Waals surface area contributed by atoms with E-state index in [9.17, 15) is 4.79 Å². The van der Waals surface area contributed by atoms with Crippen molar-refractivity contribution in [3.8, 4) is 12.1 Å². The maximum atomic E-state index is 11.1. The van der Waals surface area contributed by atoms with Crippen LogP contribution < -0.4 is 0 Å². The van der Waals surface area contributed by atoms with Gasteiger partial charge in [0.25, 0.3) is 0 Å².